The number of nitrogens with two attached hydrogens (primary N) is 6. The summed E-state index contributed by atoms with van der Waals surface area (Å²) < 4.78 is 0. The highest BCUT2D eigenvalue weighted by molar-refractivity contribution is 5.74. The van der Waals surface area contributed by atoms with Gasteiger partial charge in [0.25, 0.3) is 0 Å². The van der Waals surface area contributed by atoms with E-state index >= 15 is 0 Å². The van der Waals surface area contributed by atoms with Crippen molar-refractivity contribution in [1.29, 1.82) is 0 Å². The van der Waals surface area contributed by atoms with E-state index < -0.39 is 53.9 Å². The zero-order valence-corrected chi connectivity index (χ0v) is 26.6. The molecule has 0 radical (unpaired) electrons. The van der Waals surface area contributed by atoms with Crippen LogP contribution in [0.4, 0.5) is 0 Å². The second-order valence-corrected chi connectivity index (χ2v) is 10.1. The van der Waals surface area contributed by atoms with Crippen molar-refractivity contribution < 1.29 is 59.4 Å². The van der Waals surface area contributed by atoms with E-state index in [1.54, 1.807) is 13.8 Å². The van der Waals surface area contributed by atoms with E-state index in [1.807, 2.05) is 13.8 Å². The SMILES string of the molecule is CC(C)C[C@H](N)C(=O)O.CC(C)[C@H](N)C(=O)O.NCC(=O)O.NCC(=O)O.NCCCC[C@H](N)C(=O)O.O=C(O)[C@@H]1CCCN1. The molecule has 0 aliphatic carbocycles. The molecule has 45 heavy (non-hydrogen) atoms. The minimum Gasteiger partial charge on any atom is -0.480 e. The van der Waals surface area contributed by atoms with Crippen molar-refractivity contribution in [3.63, 3.8) is 0 Å². The Kier molecular flexibility index (Phi) is 38.0. The Bertz CT molecular complexity index is 785. The van der Waals surface area contributed by atoms with E-state index in [2.05, 4.69) is 16.8 Å². The molecule has 0 amide bonds. The lowest BCUT2D eigenvalue weighted by Gasteiger charge is -2.07. The third-order valence-electron chi connectivity index (χ3n) is 5.04. The van der Waals surface area contributed by atoms with Gasteiger partial charge in [-0.3, -0.25) is 28.8 Å². The fourth-order valence-corrected chi connectivity index (χ4v) is 2.42. The van der Waals surface area contributed by atoms with Crippen molar-refractivity contribution in [3.8, 4) is 0 Å². The van der Waals surface area contributed by atoms with E-state index in [0.29, 0.717) is 25.3 Å². The fourth-order valence-electron chi connectivity index (χ4n) is 2.42. The predicted molar refractivity (Wildman–Crippen MR) is 166 cm³/mol. The lowest BCUT2D eigenvalue weighted by atomic mass is 10.1. The number of carbonyl (C=O) groups is 6. The number of nitrogens with one attached hydrogen (secondary N) is 1. The molecule has 0 aromatic rings. The van der Waals surface area contributed by atoms with E-state index in [-0.39, 0.29) is 25.0 Å². The van der Waals surface area contributed by atoms with Crippen LogP contribution in [0, 0.1) is 11.8 Å². The topological polar surface area (TPSA) is 392 Å². The first kappa shape index (κ1) is 51.1. The van der Waals surface area contributed by atoms with Crippen LogP contribution in [0.2, 0.25) is 0 Å². The highest BCUT2D eigenvalue weighted by Crippen LogP contribution is 2.03. The molecule has 0 aromatic heterocycles. The Balaban J connectivity index is -0.000000145. The number of rotatable bonds is 13. The highest BCUT2D eigenvalue weighted by atomic mass is 16.4. The number of hydrogen-bond donors (Lipinski definition) is 13. The van der Waals surface area contributed by atoms with Crippen molar-refractivity contribution in [2.24, 2.45) is 46.2 Å². The lowest BCUT2D eigenvalue weighted by molar-refractivity contribution is -0.140. The Hall–Kier alpha value is -3.46. The van der Waals surface area contributed by atoms with Gasteiger partial charge in [-0.15, -0.1) is 0 Å². The van der Waals surface area contributed by atoms with Crippen molar-refractivity contribution in [3.05, 3.63) is 0 Å². The molecule has 0 aromatic carbocycles. The first-order valence-electron chi connectivity index (χ1n) is 14.1. The van der Waals surface area contributed by atoms with Gasteiger partial charge in [-0.25, -0.2) is 0 Å². The maximum atomic E-state index is 10.1. The number of carboxylic acids is 6. The van der Waals surface area contributed by atoms with Crippen molar-refractivity contribution in [2.45, 2.75) is 90.4 Å². The monoisotopic (exact) mass is 659 g/mol. The number of hydrogen-bond acceptors (Lipinski definition) is 13. The Morgan fingerprint density at radius 2 is 1.13 bits per heavy atom. The maximum absolute atomic E-state index is 10.1. The molecular weight excluding hydrogens is 602 g/mol. The zero-order valence-electron chi connectivity index (χ0n) is 26.6. The van der Waals surface area contributed by atoms with Crippen LogP contribution < -0.4 is 39.7 Å². The molecule has 1 rings (SSSR count). The standard InChI is InChI=1S/C6H14N2O2.C6H13NO2.C5H9NO2.C5H11NO2.2C2H5NO2/c7-4-2-1-3-5(8)6(9)10;1-4(2)3-5(7)6(8)9;7-5(8)4-2-1-3-6-4;1-3(2)4(6)5(7)8;2*3-1-2(4)5/h5H,1-4,7-8H2,(H,9,10);4-5H,3,7H2,1-2H3,(H,8,9);4,6H,1-3H2,(H,7,8);3-4H,6H2,1-2H3,(H,7,8);2*1,3H2,(H,4,5)/t2*5-;2*4-;;/m0000../s1. The van der Waals surface area contributed by atoms with Gasteiger partial charge in [0.1, 0.15) is 24.2 Å². The molecule has 0 unspecified atom stereocenters. The van der Waals surface area contributed by atoms with Crippen molar-refractivity contribution in [1.82, 2.24) is 5.32 Å². The fraction of sp³-hybridized carbons (Fsp3) is 0.769. The summed E-state index contributed by atoms with van der Waals surface area (Å²) in [7, 11) is 0. The summed E-state index contributed by atoms with van der Waals surface area (Å²) in [5.41, 5.74) is 29.9. The first-order chi connectivity index (χ1) is 20.6. The van der Waals surface area contributed by atoms with Crippen LogP contribution in [0.25, 0.3) is 0 Å². The number of unbranched alkanes of at least 4 members (excludes halogenated alkanes) is 1. The largest absolute Gasteiger partial charge is 0.480 e. The van der Waals surface area contributed by atoms with Crippen molar-refractivity contribution >= 4 is 35.8 Å². The number of carboxylic acid groups (broad SMARTS) is 6. The van der Waals surface area contributed by atoms with E-state index in [9.17, 15) is 28.8 Å². The van der Waals surface area contributed by atoms with Crippen molar-refractivity contribution in [2.75, 3.05) is 26.2 Å². The molecule has 19 heteroatoms. The Morgan fingerprint density at radius 3 is 1.29 bits per heavy atom. The maximum Gasteiger partial charge on any atom is 0.320 e. The summed E-state index contributed by atoms with van der Waals surface area (Å²) >= 11 is 0. The second kappa shape index (κ2) is 33.4. The molecule has 1 heterocycles. The third-order valence-corrected chi connectivity index (χ3v) is 5.04. The third kappa shape index (κ3) is 45.1. The quantitative estimate of drug-likeness (QED) is 0.0942. The number of aliphatic carboxylic acids is 6. The Morgan fingerprint density at radius 1 is 0.711 bits per heavy atom. The van der Waals surface area contributed by atoms with Crippen LogP contribution in [0.1, 0.15) is 66.2 Å². The molecule has 4 atom stereocenters. The molecule has 19 nitrogen and oxygen atoms in total. The molecule has 268 valence electrons. The summed E-state index contributed by atoms with van der Waals surface area (Å²) in [6.45, 7) is 8.35. The molecule has 0 bridgehead atoms. The van der Waals surface area contributed by atoms with Crippen LogP contribution in [-0.4, -0.2) is 117 Å². The minimum atomic E-state index is -0.968. The highest BCUT2D eigenvalue weighted by Gasteiger charge is 2.20. The van der Waals surface area contributed by atoms with Gasteiger partial charge in [0.15, 0.2) is 0 Å². The molecular formula is C26H57N7O12. The van der Waals surface area contributed by atoms with Gasteiger partial charge in [0, 0.05) is 0 Å². The molecule has 1 aliphatic rings. The first-order valence-corrected chi connectivity index (χ1v) is 14.1. The summed E-state index contributed by atoms with van der Waals surface area (Å²) in [4.78, 5) is 58.9. The van der Waals surface area contributed by atoms with E-state index in [0.717, 1.165) is 32.2 Å². The molecule has 1 saturated heterocycles. The van der Waals surface area contributed by atoms with Gasteiger partial charge in [0.2, 0.25) is 0 Å². The van der Waals surface area contributed by atoms with Crippen LogP contribution in [0.15, 0.2) is 0 Å². The smallest absolute Gasteiger partial charge is 0.320 e. The predicted octanol–water partition coefficient (Wildman–Crippen LogP) is -2.09. The summed E-state index contributed by atoms with van der Waals surface area (Å²) in [5.74, 6) is -5.05. The average Bonchev–Trinajstić information content (AvgIpc) is 3.49. The summed E-state index contributed by atoms with van der Waals surface area (Å²) in [5, 5.41) is 51.3. The molecule has 1 fully saturated rings. The summed E-state index contributed by atoms with van der Waals surface area (Å²) in [6, 6.07) is -2.39. The van der Waals surface area contributed by atoms with Crippen LogP contribution in [-0.2, 0) is 28.8 Å². The minimum absolute atomic E-state index is 0.0208. The van der Waals surface area contributed by atoms with Crippen LogP contribution >= 0.6 is 0 Å². The van der Waals surface area contributed by atoms with Gasteiger partial charge >= 0.3 is 35.8 Å². The van der Waals surface area contributed by atoms with E-state index in [4.69, 9.17) is 53.6 Å². The molecule has 19 N–H and O–H groups in total. The zero-order chi connectivity index (χ0) is 36.7. The normalized spacial score (nSPS) is 14.8. The van der Waals surface area contributed by atoms with Gasteiger partial charge in [-0.2, -0.15) is 0 Å². The Labute approximate surface area is 263 Å². The molecule has 0 spiro atoms. The average molecular weight is 660 g/mol. The summed E-state index contributed by atoms with van der Waals surface area (Å²) in [6.07, 6.45) is 4.50. The van der Waals surface area contributed by atoms with E-state index in [1.165, 1.54) is 0 Å². The second-order valence-electron chi connectivity index (χ2n) is 10.1. The van der Waals surface area contributed by atoms with Crippen LogP contribution in [0.3, 0.4) is 0 Å². The molecule has 0 saturated carbocycles. The van der Waals surface area contributed by atoms with Gasteiger partial charge < -0.3 is 70.4 Å². The van der Waals surface area contributed by atoms with Gasteiger partial charge in [0.05, 0.1) is 13.1 Å². The molecule has 1 aliphatic heterocycles. The lowest BCUT2D eigenvalue weighted by Crippen LogP contribution is -2.34. The van der Waals surface area contributed by atoms with Crippen LogP contribution in [0.5, 0.6) is 0 Å². The van der Waals surface area contributed by atoms with Gasteiger partial charge in [-0.1, -0.05) is 34.1 Å². The van der Waals surface area contributed by atoms with Gasteiger partial charge in [-0.05, 0) is 57.0 Å².